The molecule has 0 saturated carbocycles. The number of anilines is 2. The number of fused-ring (bicyclic) bond motifs is 1. The second-order valence-corrected chi connectivity index (χ2v) is 4.29. The summed E-state index contributed by atoms with van der Waals surface area (Å²) < 4.78 is 0. The zero-order chi connectivity index (χ0) is 9.97. The van der Waals surface area contributed by atoms with Gasteiger partial charge in [-0.15, -0.1) is 11.8 Å². The second-order valence-electron chi connectivity index (χ2n) is 3.16. The molecular weight excluding hydrogens is 194 g/mol. The smallest absolute Gasteiger partial charge is 0.105 e. The highest BCUT2D eigenvalue weighted by atomic mass is 32.2. The molecule has 3 nitrogen and oxygen atoms in total. The van der Waals surface area contributed by atoms with E-state index in [9.17, 15) is 0 Å². The van der Waals surface area contributed by atoms with Crippen LogP contribution in [-0.2, 0) is 0 Å². The van der Waals surface area contributed by atoms with Crippen LogP contribution in [0.25, 0.3) is 0 Å². The quantitative estimate of drug-likeness (QED) is 0.560. The van der Waals surface area contributed by atoms with E-state index in [1.807, 2.05) is 30.0 Å². The lowest BCUT2D eigenvalue weighted by atomic mass is 10.2. The van der Waals surface area contributed by atoms with Crippen molar-refractivity contribution in [1.29, 1.82) is 5.26 Å². The van der Waals surface area contributed by atoms with Crippen molar-refractivity contribution >= 4 is 23.1 Å². The molecular formula is C10H11N3S. The first-order valence-electron chi connectivity index (χ1n) is 4.45. The summed E-state index contributed by atoms with van der Waals surface area (Å²) in [5.74, 6) is 1.04. The first-order valence-corrected chi connectivity index (χ1v) is 5.44. The molecule has 14 heavy (non-hydrogen) atoms. The Bertz CT molecular complexity index is 383. The monoisotopic (exact) mass is 205 g/mol. The Labute approximate surface area is 87.5 Å². The summed E-state index contributed by atoms with van der Waals surface area (Å²) in [7, 11) is 0. The molecule has 1 aromatic carbocycles. The Morgan fingerprint density at radius 1 is 1.57 bits per heavy atom. The molecule has 0 amide bonds. The lowest BCUT2D eigenvalue weighted by Crippen LogP contribution is -2.29. The number of hydrogen-bond donors (Lipinski definition) is 1. The molecule has 0 saturated heterocycles. The van der Waals surface area contributed by atoms with Crippen LogP contribution in [0.3, 0.4) is 0 Å². The van der Waals surface area contributed by atoms with E-state index in [1.54, 1.807) is 0 Å². The number of hydrogen-bond acceptors (Lipinski definition) is 4. The fraction of sp³-hybridized carbons (Fsp3) is 0.300. The summed E-state index contributed by atoms with van der Waals surface area (Å²) >= 11 is 1.82. The molecule has 0 spiro atoms. The van der Waals surface area contributed by atoms with Crippen molar-refractivity contribution in [3.63, 3.8) is 0 Å². The minimum atomic E-state index is 0.441. The van der Waals surface area contributed by atoms with Crippen LogP contribution in [-0.4, -0.2) is 18.8 Å². The Morgan fingerprint density at radius 3 is 3.21 bits per heavy atom. The van der Waals surface area contributed by atoms with Crippen molar-refractivity contribution in [2.75, 3.05) is 29.5 Å². The first kappa shape index (κ1) is 9.22. The Morgan fingerprint density at radius 2 is 2.43 bits per heavy atom. The molecule has 2 rings (SSSR count). The molecule has 0 aromatic heterocycles. The van der Waals surface area contributed by atoms with Crippen molar-refractivity contribution in [3.05, 3.63) is 18.2 Å². The molecule has 4 heteroatoms. The normalized spacial score (nSPS) is 14.6. The summed E-state index contributed by atoms with van der Waals surface area (Å²) in [5, 5.41) is 8.68. The maximum absolute atomic E-state index is 8.68. The highest BCUT2D eigenvalue weighted by Gasteiger charge is 2.16. The lowest BCUT2D eigenvalue weighted by molar-refractivity contribution is 0.892. The van der Waals surface area contributed by atoms with Gasteiger partial charge in [0.15, 0.2) is 0 Å². The summed E-state index contributed by atoms with van der Waals surface area (Å²) in [4.78, 5) is 3.29. The topological polar surface area (TPSA) is 53.0 Å². The summed E-state index contributed by atoms with van der Waals surface area (Å²) in [6.07, 6.45) is 0. The van der Waals surface area contributed by atoms with Crippen LogP contribution in [0.5, 0.6) is 0 Å². The van der Waals surface area contributed by atoms with Gasteiger partial charge in [-0.3, -0.25) is 0 Å². The number of nitrogens with zero attached hydrogens (tertiary/aromatic N) is 2. The van der Waals surface area contributed by atoms with Gasteiger partial charge in [0, 0.05) is 22.9 Å². The van der Waals surface area contributed by atoms with Gasteiger partial charge in [0.1, 0.15) is 6.54 Å². The van der Waals surface area contributed by atoms with Crippen LogP contribution >= 0.6 is 11.8 Å². The highest BCUT2D eigenvalue weighted by molar-refractivity contribution is 7.99. The van der Waals surface area contributed by atoms with Gasteiger partial charge in [-0.25, -0.2) is 0 Å². The SMILES string of the molecule is N#CCN1CCSc2ccc(N)cc21. The van der Waals surface area contributed by atoms with Crippen molar-refractivity contribution in [2.24, 2.45) is 0 Å². The molecule has 0 radical (unpaired) electrons. The van der Waals surface area contributed by atoms with E-state index >= 15 is 0 Å². The number of nitrogen functional groups attached to an aromatic ring is 1. The molecule has 1 aromatic rings. The molecule has 1 aliphatic heterocycles. The van der Waals surface area contributed by atoms with E-state index in [-0.39, 0.29) is 0 Å². The van der Waals surface area contributed by atoms with Crippen molar-refractivity contribution in [2.45, 2.75) is 4.90 Å². The predicted octanol–water partition coefficient (Wildman–Crippen LogP) is 1.70. The second kappa shape index (κ2) is 3.81. The van der Waals surface area contributed by atoms with Crippen LogP contribution in [0.15, 0.2) is 23.1 Å². The fourth-order valence-corrected chi connectivity index (χ4v) is 2.57. The average Bonchev–Trinajstić information content (AvgIpc) is 2.19. The van der Waals surface area contributed by atoms with Gasteiger partial charge < -0.3 is 10.6 Å². The third kappa shape index (κ3) is 1.64. The Balaban J connectivity index is 2.37. The van der Waals surface area contributed by atoms with Crippen molar-refractivity contribution in [3.8, 4) is 6.07 Å². The lowest BCUT2D eigenvalue weighted by Gasteiger charge is -2.28. The fourth-order valence-electron chi connectivity index (χ4n) is 1.54. The highest BCUT2D eigenvalue weighted by Crippen LogP contribution is 2.35. The molecule has 0 bridgehead atoms. The van der Waals surface area contributed by atoms with Crippen LogP contribution in [0.4, 0.5) is 11.4 Å². The van der Waals surface area contributed by atoms with E-state index in [4.69, 9.17) is 11.0 Å². The molecule has 1 heterocycles. The van der Waals surface area contributed by atoms with E-state index in [2.05, 4.69) is 11.0 Å². The average molecular weight is 205 g/mol. The van der Waals surface area contributed by atoms with E-state index in [1.165, 1.54) is 4.90 Å². The van der Waals surface area contributed by atoms with Crippen molar-refractivity contribution in [1.82, 2.24) is 0 Å². The van der Waals surface area contributed by atoms with Gasteiger partial charge in [0.25, 0.3) is 0 Å². The molecule has 1 aliphatic rings. The number of nitrogens with two attached hydrogens (primary N) is 1. The van der Waals surface area contributed by atoms with E-state index < -0.39 is 0 Å². The maximum atomic E-state index is 8.68. The zero-order valence-corrected chi connectivity index (χ0v) is 8.55. The molecule has 72 valence electrons. The van der Waals surface area contributed by atoms with Crippen LogP contribution in [0.1, 0.15) is 0 Å². The maximum Gasteiger partial charge on any atom is 0.105 e. The number of rotatable bonds is 1. The van der Waals surface area contributed by atoms with E-state index in [0.29, 0.717) is 6.54 Å². The molecule has 0 atom stereocenters. The number of benzene rings is 1. The third-order valence-electron chi connectivity index (χ3n) is 2.20. The largest absolute Gasteiger partial charge is 0.399 e. The third-order valence-corrected chi connectivity index (χ3v) is 3.25. The summed E-state index contributed by atoms with van der Waals surface area (Å²) in [6, 6.07) is 8.05. The molecule has 2 N–H and O–H groups in total. The van der Waals surface area contributed by atoms with Gasteiger partial charge in [0.05, 0.1) is 11.8 Å². The van der Waals surface area contributed by atoms with Crippen LogP contribution in [0.2, 0.25) is 0 Å². The summed E-state index contributed by atoms with van der Waals surface area (Å²) in [6.45, 7) is 1.37. The van der Waals surface area contributed by atoms with Gasteiger partial charge in [-0.2, -0.15) is 5.26 Å². The van der Waals surface area contributed by atoms with Gasteiger partial charge >= 0.3 is 0 Å². The first-order chi connectivity index (χ1) is 6.81. The van der Waals surface area contributed by atoms with Gasteiger partial charge in [-0.05, 0) is 18.2 Å². The summed E-state index contributed by atoms with van der Waals surface area (Å²) in [5.41, 5.74) is 7.58. The van der Waals surface area contributed by atoms with Crippen molar-refractivity contribution < 1.29 is 0 Å². The minimum absolute atomic E-state index is 0.441. The Hall–Kier alpha value is -1.34. The van der Waals surface area contributed by atoms with Crippen LogP contribution < -0.4 is 10.6 Å². The number of thioether (sulfide) groups is 1. The molecule has 0 fully saturated rings. The minimum Gasteiger partial charge on any atom is -0.399 e. The van der Waals surface area contributed by atoms with Gasteiger partial charge in [0.2, 0.25) is 0 Å². The predicted molar refractivity (Wildman–Crippen MR) is 59.4 cm³/mol. The Kier molecular flexibility index (Phi) is 2.51. The molecule has 0 unspecified atom stereocenters. The molecule has 0 aliphatic carbocycles. The standard InChI is InChI=1S/C10H11N3S/c11-3-4-13-5-6-14-10-2-1-8(12)7-9(10)13/h1-2,7H,4-6,12H2. The zero-order valence-electron chi connectivity index (χ0n) is 7.73. The van der Waals surface area contributed by atoms with Gasteiger partial charge in [-0.1, -0.05) is 0 Å². The van der Waals surface area contributed by atoms with E-state index in [0.717, 1.165) is 23.7 Å². The number of nitriles is 1. The van der Waals surface area contributed by atoms with Crippen LogP contribution in [0, 0.1) is 11.3 Å².